The lowest BCUT2D eigenvalue weighted by Gasteiger charge is -2.04. The van der Waals surface area contributed by atoms with E-state index < -0.39 is 15.1 Å². The zero-order valence-electron chi connectivity index (χ0n) is 11.2. The minimum Gasteiger partial charge on any atom is -0.326 e. The highest BCUT2D eigenvalue weighted by Gasteiger charge is 2.56. The van der Waals surface area contributed by atoms with Crippen molar-refractivity contribution in [3.8, 4) is 0 Å². The van der Waals surface area contributed by atoms with Gasteiger partial charge in [-0.1, -0.05) is 48.0 Å². The van der Waals surface area contributed by atoms with Crippen molar-refractivity contribution in [1.29, 1.82) is 0 Å². The monoisotopic (exact) mass is 287 g/mol. The molecule has 2 aromatic rings. The van der Waals surface area contributed by atoms with Crippen LogP contribution in [0.5, 0.6) is 0 Å². The highest BCUT2D eigenvalue weighted by molar-refractivity contribution is 7.92. The highest BCUT2D eigenvalue weighted by atomic mass is 32.2. The minimum atomic E-state index is -3.35. The van der Waals surface area contributed by atoms with E-state index in [-0.39, 0.29) is 12.0 Å². The first kappa shape index (κ1) is 13.3. The van der Waals surface area contributed by atoms with Gasteiger partial charge in [-0.05, 0) is 24.6 Å². The molecule has 104 valence electrons. The first-order valence-electron chi connectivity index (χ1n) is 6.63. The van der Waals surface area contributed by atoms with Crippen LogP contribution < -0.4 is 5.73 Å². The molecule has 0 aliphatic heterocycles. The van der Waals surface area contributed by atoms with E-state index in [4.69, 9.17) is 5.73 Å². The first-order chi connectivity index (χ1) is 9.51. The Bertz CT molecular complexity index is 708. The molecule has 1 saturated carbocycles. The number of hydrogen-bond acceptors (Lipinski definition) is 3. The van der Waals surface area contributed by atoms with Crippen LogP contribution in [0, 0.1) is 6.92 Å². The smallest absolute Gasteiger partial charge is 0.183 e. The third-order valence-corrected chi connectivity index (χ3v) is 6.15. The van der Waals surface area contributed by atoms with Gasteiger partial charge in [-0.2, -0.15) is 0 Å². The Morgan fingerprint density at radius 3 is 2.15 bits per heavy atom. The first-order valence-corrected chi connectivity index (χ1v) is 8.17. The number of hydrogen-bond donors (Lipinski definition) is 1. The molecule has 4 heteroatoms. The lowest BCUT2D eigenvalue weighted by atomic mass is 10.1. The van der Waals surface area contributed by atoms with Crippen molar-refractivity contribution in [2.75, 3.05) is 0 Å². The summed E-state index contributed by atoms with van der Waals surface area (Å²) in [6, 6.07) is 16.2. The van der Waals surface area contributed by atoms with Gasteiger partial charge in [0.2, 0.25) is 0 Å². The van der Waals surface area contributed by atoms with Crippen molar-refractivity contribution in [3.63, 3.8) is 0 Å². The highest BCUT2D eigenvalue weighted by Crippen LogP contribution is 2.46. The second-order valence-corrected chi connectivity index (χ2v) is 7.44. The second kappa shape index (κ2) is 4.72. The van der Waals surface area contributed by atoms with Gasteiger partial charge < -0.3 is 5.73 Å². The van der Waals surface area contributed by atoms with Gasteiger partial charge in [-0.25, -0.2) is 8.42 Å². The number of benzene rings is 2. The second-order valence-electron chi connectivity index (χ2n) is 5.34. The summed E-state index contributed by atoms with van der Waals surface area (Å²) in [7, 11) is -3.35. The molecule has 0 heterocycles. The van der Waals surface area contributed by atoms with Crippen LogP contribution in [0.1, 0.15) is 17.0 Å². The van der Waals surface area contributed by atoms with E-state index in [9.17, 15) is 8.42 Å². The van der Waals surface area contributed by atoms with Gasteiger partial charge >= 0.3 is 0 Å². The molecule has 0 radical (unpaired) electrons. The minimum absolute atomic E-state index is 0.0965. The van der Waals surface area contributed by atoms with Crippen molar-refractivity contribution < 1.29 is 8.42 Å². The molecule has 1 fully saturated rings. The Morgan fingerprint density at radius 1 is 0.950 bits per heavy atom. The quantitative estimate of drug-likeness (QED) is 0.942. The van der Waals surface area contributed by atoms with Crippen LogP contribution in [0.3, 0.4) is 0 Å². The van der Waals surface area contributed by atoms with Gasteiger partial charge in [0, 0.05) is 12.0 Å². The van der Waals surface area contributed by atoms with Gasteiger partial charge in [-0.15, -0.1) is 0 Å². The van der Waals surface area contributed by atoms with Crippen LogP contribution in [-0.4, -0.2) is 19.7 Å². The molecule has 2 aromatic carbocycles. The van der Waals surface area contributed by atoms with Crippen molar-refractivity contribution in [1.82, 2.24) is 0 Å². The van der Waals surface area contributed by atoms with Crippen molar-refractivity contribution >= 4 is 9.84 Å². The van der Waals surface area contributed by atoms with Crippen molar-refractivity contribution in [3.05, 3.63) is 65.7 Å². The average molecular weight is 287 g/mol. The van der Waals surface area contributed by atoms with E-state index in [0.717, 1.165) is 11.1 Å². The fraction of sp³-hybridized carbons (Fsp3) is 0.250. The molecule has 1 aliphatic rings. The Labute approximate surface area is 119 Å². The lowest BCUT2D eigenvalue weighted by Crippen LogP contribution is -2.15. The Morgan fingerprint density at radius 2 is 1.55 bits per heavy atom. The molecule has 0 spiro atoms. The Kier molecular flexibility index (Phi) is 3.15. The number of nitrogens with two attached hydrogens (primary N) is 1. The zero-order valence-corrected chi connectivity index (χ0v) is 12.0. The van der Waals surface area contributed by atoms with E-state index >= 15 is 0 Å². The number of sulfone groups is 1. The normalized spacial score (nSPS) is 25.4. The van der Waals surface area contributed by atoms with Gasteiger partial charge in [-0.3, -0.25) is 0 Å². The van der Waals surface area contributed by atoms with Crippen LogP contribution in [0.4, 0.5) is 0 Å². The van der Waals surface area contributed by atoms with Crippen molar-refractivity contribution in [2.45, 2.75) is 29.0 Å². The van der Waals surface area contributed by atoms with E-state index in [0.29, 0.717) is 4.90 Å². The Balaban J connectivity index is 1.91. The summed E-state index contributed by atoms with van der Waals surface area (Å²) in [4.78, 5) is 0.357. The topological polar surface area (TPSA) is 60.2 Å². The molecule has 0 amide bonds. The summed E-state index contributed by atoms with van der Waals surface area (Å²) in [5, 5.41) is -0.507. The molecule has 3 rings (SSSR count). The zero-order chi connectivity index (χ0) is 14.3. The molecule has 3 nitrogen and oxygen atoms in total. The maximum Gasteiger partial charge on any atom is 0.183 e. The van der Waals surface area contributed by atoms with E-state index in [1.54, 1.807) is 24.3 Å². The number of aryl methyl sites for hydroxylation is 1. The Hall–Kier alpha value is -1.65. The summed E-state index contributed by atoms with van der Waals surface area (Å²) in [5.41, 5.74) is 8.19. The third-order valence-electron chi connectivity index (χ3n) is 3.90. The van der Waals surface area contributed by atoms with Gasteiger partial charge in [0.25, 0.3) is 0 Å². The molecular formula is C16H17NO2S. The molecule has 3 atom stereocenters. The van der Waals surface area contributed by atoms with E-state index in [1.807, 2.05) is 37.3 Å². The van der Waals surface area contributed by atoms with Crippen LogP contribution in [0.15, 0.2) is 59.5 Å². The van der Waals surface area contributed by atoms with E-state index in [1.165, 1.54) is 0 Å². The summed E-state index contributed by atoms with van der Waals surface area (Å²) in [6.45, 7) is 2.01. The summed E-state index contributed by atoms with van der Waals surface area (Å²) in [5.74, 6) is -0.0965. The molecule has 2 N–H and O–H groups in total. The molecule has 0 unspecified atom stereocenters. The van der Waals surface area contributed by atoms with Crippen LogP contribution in [0.2, 0.25) is 0 Å². The maximum atomic E-state index is 12.6. The molecule has 1 aliphatic carbocycles. The lowest BCUT2D eigenvalue weighted by molar-refractivity contribution is 0.593. The predicted molar refractivity (Wildman–Crippen MR) is 79.3 cm³/mol. The fourth-order valence-electron chi connectivity index (χ4n) is 2.67. The summed E-state index contributed by atoms with van der Waals surface area (Å²) < 4.78 is 25.2. The SMILES string of the molecule is Cc1ccc([C@H]2[C@@H](N)[C@@H]2S(=O)(=O)c2ccccc2)cc1. The van der Waals surface area contributed by atoms with Gasteiger partial charge in [0.15, 0.2) is 9.84 Å². The largest absolute Gasteiger partial charge is 0.326 e. The maximum absolute atomic E-state index is 12.6. The van der Waals surface area contributed by atoms with Crippen LogP contribution >= 0.6 is 0 Å². The number of rotatable bonds is 3. The van der Waals surface area contributed by atoms with Crippen LogP contribution in [0.25, 0.3) is 0 Å². The van der Waals surface area contributed by atoms with Gasteiger partial charge in [0.05, 0.1) is 10.1 Å². The fourth-order valence-corrected chi connectivity index (χ4v) is 4.74. The predicted octanol–water partition coefficient (Wildman–Crippen LogP) is 2.26. The molecule has 0 bridgehead atoms. The van der Waals surface area contributed by atoms with Crippen molar-refractivity contribution in [2.24, 2.45) is 5.73 Å². The standard InChI is InChI=1S/C16H17NO2S/c1-11-7-9-12(10-8-11)14-15(17)16(14)20(18,19)13-5-3-2-4-6-13/h2-10,14-16H,17H2,1H3/t14-,15+,16+/m0/s1. The van der Waals surface area contributed by atoms with E-state index in [2.05, 4.69) is 0 Å². The third kappa shape index (κ3) is 2.15. The molecule has 0 aromatic heterocycles. The van der Waals surface area contributed by atoms with Gasteiger partial charge in [0.1, 0.15) is 0 Å². The van der Waals surface area contributed by atoms with Crippen LogP contribution in [-0.2, 0) is 9.84 Å². The molecule has 0 saturated heterocycles. The molecular weight excluding hydrogens is 270 g/mol. The summed E-state index contributed by atoms with van der Waals surface area (Å²) in [6.07, 6.45) is 0. The average Bonchev–Trinajstić information content (AvgIpc) is 3.13. The molecule has 20 heavy (non-hydrogen) atoms. The summed E-state index contributed by atoms with van der Waals surface area (Å²) >= 11 is 0.